The van der Waals surface area contributed by atoms with E-state index in [2.05, 4.69) is 4.98 Å². The van der Waals surface area contributed by atoms with Crippen LogP contribution in [0.5, 0.6) is 5.75 Å². The zero-order chi connectivity index (χ0) is 22.6. The molecular weight excluding hydrogens is 428 g/mol. The number of nitrogens with two attached hydrogens (primary N) is 1. The summed E-state index contributed by atoms with van der Waals surface area (Å²) in [7, 11) is 0. The molecule has 2 bridgehead atoms. The number of hydrogen-bond acceptors (Lipinski definition) is 7. The van der Waals surface area contributed by atoms with E-state index in [4.69, 9.17) is 10.5 Å². The number of thiazole rings is 1. The number of benzene rings is 1. The van der Waals surface area contributed by atoms with Gasteiger partial charge < -0.3 is 25.4 Å². The van der Waals surface area contributed by atoms with Gasteiger partial charge in [0.1, 0.15) is 18.1 Å². The summed E-state index contributed by atoms with van der Waals surface area (Å²) in [6, 6.07) is 7.25. The number of para-hydroxylation sites is 1. The zero-order valence-corrected chi connectivity index (χ0v) is 19.0. The minimum absolute atomic E-state index is 0.0482. The Morgan fingerprint density at radius 3 is 2.66 bits per heavy atom. The maximum atomic E-state index is 13.2. The Morgan fingerprint density at radius 1 is 1.16 bits per heavy atom. The molecule has 5 rings (SSSR count). The first-order valence-electron chi connectivity index (χ1n) is 11.1. The lowest BCUT2D eigenvalue weighted by Gasteiger charge is -2.41. The van der Waals surface area contributed by atoms with E-state index in [0.717, 1.165) is 32.1 Å². The van der Waals surface area contributed by atoms with Gasteiger partial charge in [-0.15, -0.1) is 11.3 Å². The van der Waals surface area contributed by atoms with Crippen molar-refractivity contribution in [2.75, 3.05) is 45.1 Å². The molecule has 9 heteroatoms. The molecule has 4 heterocycles. The average molecular weight is 459 g/mol. The van der Waals surface area contributed by atoms with Crippen molar-refractivity contribution in [3.63, 3.8) is 0 Å². The number of nitrogen functional groups attached to an aromatic ring is 1. The van der Waals surface area contributed by atoms with E-state index in [1.54, 1.807) is 22.4 Å². The van der Waals surface area contributed by atoms with E-state index < -0.39 is 0 Å². The third-order valence-electron chi connectivity index (χ3n) is 6.60. The van der Waals surface area contributed by atoms with E-state index in [1.165, 1.54) is 11.3 Å². The Morgan fingerprint density at radius 2 is 1.94 bits per heavy atom. The van der Waals surface area contributed by atoms with Crippen molar-refractivity contribution in [2.45, 2.75) is 32.1 Å². The average Bonchev–Trinajstić information content (AvgIpc) is 3.26. The summed E-state index contributed by atoms with van der Waals surface area (Å²) in [6.45, 7) is 2.61. The number of fused-ring (bicyclic) bond motifs is 9. The number of ether oxygens (including phenoxy) is 1. The van der Waals surface area contributed by atoms with Crippen LogP contribution >= 0.6 is 11.3 Å². The molecule has 8 nitrogen and oxygen atoms in total. The van der Waals surface area contributed by atoms with Gasteiger partial charge in [-0.05, 0) is 43.2 Å². The fraction of sp³-hybridized carbons (Fsp3) is 0.522. The van der Waals surface area contributed by atoms with Gasteiger partial charge in [0.25, 0.3) is 11.8 Å². The maximum absolute atomic E-state index is 13.2. The van der Waals surface area contributed by atoms with Gasteiger partial charge in [0.15, 0.2) is 5.13 Å². The summed E-state index contributed by atoms with van der Waals surface area (Å²) >= 11 is 1.25. The molecule has 1 aromatic carbocycles. The van der Waals surface area contributed by atoms with Crippen molar-refractivity contribution in [3.8, 4) is 5.75 Å². The molecule has 0 aliphatic carbocycles. The fourth-order valence-corrected chi connectivity index (χ4v) is 5.08. The maximum Gasteiger partial charge on any atom is 0.273 e. The van der Waals surface area contributed by atoms with Crippen LogP contribution < -0.4 is 10.5 Å². The number of aliphatic hydroxyl groups excluding tert-OH is 1. The zero-order valence-electron chi connectivity index (χ0n) is 18.2. The summed E-state index contributed by atoms with van der Waals surface area (Å²) in [5, 5.41) is 12.2. The highest BCUT2D eigenvalue weighted by molar-refractivity contribution is 7.13. The number of amides is 2. The second-order valence-corrected chi connectivity index (χ2v) is 9.50. The first-order chi connectivity index (χ1) is 15.5. The smallest absolute Gasteiger partial charge is 0.273 e. The quantitative estimate of drug-likeness (QED) is 0.716. The highest BCUT2D eigenvalue weighted by Gasteiger charge is 2.36. The summed E-state index contributed by atoms with van der Waals surface area (Å²) in [5.41, 5.74) is 6.43. The molecule has 2 aromatic rings. The minimum atomic E-state index is -0.167. The lowest BCUT2D eigenvalue weighted by Crippen LogP contribution is -2.44. The fourth-order valence-electron chi connectivity index (χ4n) is 4.54. The predicted octanol–water partition coefficient (Wildman–Crippen LogP) is 2.65. The molecule has 2 amide bonds. The Hall–Kier alpha value is -2.65. The van der Waals surface area contributed by atoms with E-state index in [9.17, 15) is 14.7 Å². The van der Waals surface area contributed by atoms with Gasteiger partial charge in [0.05, 0.1) is 12.1 Å². The molecule has 1 aromatic heterocycles. The number of piperidine rings is 1. The van der Waals surface area contributed by atoms with E-state index in [0.29, 0.717) is 48.3 Å². The van der Waals surface area contributed by atoms with Gasteiger partial charge in [-0.1, -0.05) is 18.6 Å². The van der Waals surface area contributed by atoms with Crippen molar-refractivity contribution in [1.29, 1.82) is 0 Å². The van der Waals surface area contributed by atoms with Crippen LogP contribution in [0.3, 0.4) is 0 Å². The number of aliphatic hydroxyl groups is 1. The van der Waals surface area contributed by atoms with Crippen LogP contribution in [0.4, 0.5) is 5.13 Å². The van der Waals surface area contributed by atoms with Crippen molar-refractivity contribution in [1.82, 2.24) is 14.8 Å². The normalized spacial score (nSPS) is 19.6. The molecular formula is C23H30N4O4S. The van der Waals surface area contributed by atoms with Crippen LogP contribution in [-0.4, -0.2) is 71.1 Å². The second-order valence-electron chi connectivity index (χ2n) is 8.62. The van der Waals surface area contributed by atoms with Gasteiger partial charge in [-0.25, -0.2) is 4.98 Å². The van der Waals surface area contributed by atoms with Crippen molar-refractivity contribution < 1.29 is 19.4 Å². The largest absolute Gasteiger partial charge is 0.491 e. The molecule has 3 aliphatic rings. The first-order valence-corrected chi connectivity index (χ1v) is 12.0. The molecule has 0 spiro atoms. The monoisotopic (exact) mass is 458 g/mol. The number of rotatable bonds is 2. The highest BCUT2D eigenvalue weighted by atomic mass is 32.1. The molecule has 3 N–H and O–H groups in total. The van der Waals surface area contributed by atoms with Gasteiger partial charge >= 0.3 is 0 Å². The lowest BCUT2D eigenvalue weighted by molar-refractivity contribution is 0.0297. The van der Waals surface area contributed by atoms with Crippen molar-refractivity contribution in [3.05, 3.63) is 40.9 Å². The van der Waals surface area contributed by atoms with Crippen LogP contribution in [0.25, 0.3) is 0 Å². The standard InChI is InChI=1S/C23H30N4O4S/c24-22-25-18(15-32-22)21(30)26-10-4-3-7-23(16-28)8-11-27(12-9-23)20(29)17-5-1-2-6-19(17)31-14-13-26/h1-2,5-6,15,28H,3-4,7-14,16H2,(H2,24,25). The molecule has 3 aliphatic heterocycles. The molecule has 1 fully saturated rings. The Balaban J connectivity index is 1.57. The SMILES string of the molecule is Nc1nc(C(=O)N2CCCCC3(CO)CCN(CC3)C(=O)c3ccccc3OCC2)cs1. The summed E-state index contributed by atoms with van der Waals surface area (Å²) < 4.78 is 5.98. The topological polar surface area (TPSA) is 109 Å². The van der Waals surface area contributed by atoms with Gasteiger partial charge in [-0.3, -0.25) is 9.59 Å². The molecule has 1 saturated heterocycles. The van der Waals surface area contributed by atoms with Crippen LogP contribution in [0.2, 0.25) is 0 Å². The second kappa shape index (κ2) is 9.87. The molecule has 32 heavy (non-hydrogen) atoms. The third kappa shape index (κ3) is 4.88. The molecule has 0 saturated carbocycles. The van der Waals surface area contributed by atoms with E-state index in [-0.39, 0.29) is 30.4 Å². The van der Waals surface area contributed by atoms with Gasteiger partial charge in [-0.2, -0.15) is 0 Å². The number of carbonyl (C=O) groups excluding carboxylic acids is 2. The van der Waals surface area contributed by atoms with Crippen LogP contribution in [-0.2, 0) is 0 Å². The summed E-state index contributed by atoms with van der Waals surface area (Å²) in [6.07, 6.45) is 4.16. The molecule has 0 atom stereocenters. The number of aromatic nitrogens is 1. The third-order valence-corrected chi connectivity index (χ3v) is 7.27. The van der Waals surface area contributed by atoms with E-state index in [1.807, 2.05) is 17.0 Å². The van der Waals surface area contributed by atoms with Crippen LogP contribution in [0.15, 0.2) is 29.6 Å². The molecule has 0 unspecified atom stereocenters. The number of hydrogen-bond donors (Lipinski definition) is 2. The highest BCUT2D eigenvalue weighted by Crippen LogP contribution is 2.37. The Bertz CT molecular complexity index is 955. The lowest BCUT2D eigenvalue weighted by atomic mass is 9.75. The number of carbonyl (C=O) groups is 2. The summed E-state index contributed by atoms with van der Waals surface area (Å²) in [4.78, 5) is 33.9. The van der Waals surface area contributed by atoms with Crippen molar-refractivity contribution in [2.24, 2.45) is 5.41 Å². The number of anilines is 1. The van der Waals surface area contributed by atoms with Crippen LogP contribution in [0, 0.1) is 5.41 Å². The Kier molecular flexibility index (Phi) is 6.95. The minimum Gasteiger partial charge on any atom is -0.491 e. The molecule has 0 radical (unpaired) electrons. The predicted molar refractivity (Wildman–Crippen MR) is 123 cm³/mol. The summed E-state index contributed by atoms with van der Waals surface area (Å²) in [5.74, 6) is 0.309. The van der Waals surface area contributed by atoms with Crippen molar-refractivity contribution >= 4 is 28.3 Å². The van der Waals surface area contributed by atoms with Gasteiger partial charge in [0.2, 0.25) is 0 Å². The van der Waals surface area contributed by atoms with E-state index >= 15 is 0 Å². The van der Waals surface area contributed by atoms with Crippen LogP contribution in [0.1, 0.15) is 53.0 Å². The van der Waals surface area contributed by atoms with Gasteiger partial charge in [0, 0.05) is 31.6 Å². The number of nitrogens with zero attached hydrogens (tertiary/aromatic N) is 3. The first kappa shape index (κ1) is 22.5. The molecule has 172 valence electrons. The Labute approximate surface area is 192 Å².